The molecule has 2 N–H and O–H groups in total. The molecule has 98 valence electrons. The molecule has 3 aromatic rings. The molecular formula is C15H12N4O. The molecule has 2 amide bonds. The van der Waals surface area contributed by atoms with Crippen LogP contribution in [0.2, 0.25) is 0 Å². The van der Waals surface area contributed by atoms with Gasteiger partial charge in [0.05, 0.1) is 17.2 Å². The number of benzene rings is 2. The Kier molecular flexibility index (Phi) is 3.24. The third-order valence-electron chi connectivity index (χ3n) is 2.72. The van der Waals surface area contributed by atoms with E-state index in [4.69, 9.17) is 0 Å². The molecule has 5 heteroatoms. The maximum absolute atomic E-state index is 11.8. The Morgan fingerprint density at radius 2 is 1.55 bits per heavy atom. The van der Waals surface area contributed by atoms with Crippen LogP contribution in [-0.4, -0.2) is 16.0 Å². The number of nitrogens with one attached hydrogen (secondary N) is 2. The Morgan fingerprint density at radius 3 is 2.35 bits per heavy atom. The molecule has 0 atom stereocenters. The minimum Gasteiger partial charge on any atom is -0.308 e. The fraction of sp³-hybridized carbons (Fsp3) is 0. The molecule has 2 aromatic carbocycles. The largest absolute Gasteiger partial charge is 0.324 e. The van der Waals surface area contributed by atoms with Gasteiger partial charge < -0.3 is 5.32 Å². The molecule has 1 heterocycles. The van der Waals surface area contributed by atoms with Gasteiger partial charge in [0, 0.05) is 5.69 Å². The van der Waals surface area contributed by atoms with Crippen molar-refractivity contribution in [3.8, 4) is 0 Å². The van der Waals surface area contributed by atoms with E-state index in [0.717, 1.165) is 16.7 Å². The highest BCUT2D eigenvalue weighted by Crippen LogP contribution is 2.12. The first-order chi connectivity index (χ1) is 9.81. The third kappa shape index (κ3) is 2.72. The average Bonchev–Trinajstić information content (AvgIpc) is 2.48. The van der Waals surface area contributed by atoms with E-state index >= 15 is 0 Å². The molecule has 5 nitrogen and oxygen atoms in total. The third-order valence-corrected chi connectivity index (χ3v) is 2.72. The Balaban J connectivity index is 1.74. The van der Waals surface area contributed by atoms with Gasteiger partial charge in [-0.25, -0.2) is 9.78 Å². The van der Waals surface area contributed by atoms with Crippen LogP contribution in [0.4, 0.5) is 16.3 Å². The Bertz CT molecular complexity index is 743. The minimum atomic E-state index is -0.346. The van der Waals surface area contributed by atoms with E-state index in [-0.39, 0.29) is 6.03 Å². The van der Waals surface area contributed by atoms with E-state index in [1.807, 2.05) is 54.6 Å². The maximum Gasteiger partial charge on any atom is 0.324 e. The van der Waals surface area contributed by atoms with Crippen molar-refractivity contribution >= 4 is 28.6 Å². The molecule has 0 saturated heterocycles. The molecule has 0 radical (unpaired) electrons. The first kappa shape index (κ1) is 12.1. The second-order valence-corrected chi connectivity index (χ2v) is 4.19. The quantitative estimate of drug-likeness (QED) is 0.746. The molecule has 0 unspecified atom stereocenters. The van der Waals surface area contributed by atoms with Crippen LogP contribution >= 0.6 is 0 Å². The van der Waals surface area contributed by atoms with E-state index in [1.165, 1.54) is 6.20 Å². The van der Waals surface area contributed by atoms with Crippen LogP contribution in [0.3, 0.4) is 0 Å². The van der Waals surface area contributed by atoms with Crippen molar-refractivity contribution in [2.75, 3.05) is 10.6 Å². The van der Waals surface area contributed by atoms with Crippen LogP contribution in [0.25, 0.3) is 11.0 Å². The number of urea groups is 1. The lowest BCUT2D eigenvalue weighted by atomic mass is 10.3. The van der Waals surface area contributed by atoms with Crippen molar-refractivity contribution in [2.45, 2.75) is 0 Å². The van der Waals surface area contributed by atoms with Gasteiger partial charge in [-0.15, -0.1) is 0 Å². The number of rotatable bonds is 2. The molecular weight excluding hydrogens is 252 g/mol. The molecule has 0 aliphatic heterocycles. The lowest BCUT2D eigenvalue weighted by molar-refractivity contribution is 0.262. The van der Waals surface area contributed by atoms with Gasteiger partial charge in [0.15, 0.2) is 5.82 Å². The van der Waals surface area contributed by atoms with Gasteiger partial charge in [0.25, 0.3) is 0 Å². The first-order valence-corrected chi connectivity index (χ1v) is 6.16. The van der Waals surface area contributed by atoms with E-state index in [9.17, 15) is 4.79 Å². The lowest BCUT2D eigenvalue weighted by Gasteiger charge is -2.07. The van der Waals surface area contributed by atoms with Crippen molar-refractivity contribution in [3.63, 3.8) is 0 Å². The summed E-state index contributed by atoms with van der Waals surface area (Å²) in [6.07, 6.45) is 1.53. The molecule has 20 heavy (non-hydrogen) atoms. The lowest BCUT2D eigenvalue weighted by Crippen LogP contribution is -2.20. The van der Waals surface area contributed by atoms with Crippen molar-refractivity contribution in [1.29, 1.82) is 0 Å². The Hall–Kier alpha value is -2.95. The van der Waals surface area contributed by atoms with Crippen molar-refractivity contribution < 1.29 is 4.79 Å². The summed E-state index contributed by atoms with van der Waals surface area (Å²) in [6, 6.07) is 16.4. The summed E-state index contributed by atoms with van der Waals surface area (Å²) in [5, 5.41) is 5.38. The van der Waals surface area contributed by atoms with Gasteiger partial charge in [-0.05, 0) is 24.3 Å². The predicted octanol–water partition coefficient (Wildman–Crippen LogP) is 3.27. The molecule has 0 fully saturated rings. The molecule has 3 rings (SSSR count). The number of aromatic nitrogens is 2. The smallest absolute Gasteiger partial charge is 0.308 e. The average molecular weight is 264 g/mol. The number of hydrogen-bond donors (Lipinski definition) is 2. The van der Waals surface area contributed by atoms with Gasteiger partial charge in [-0.2, -0.15) is 0 Å². The number of nitrogens with zero attached hydrogens (tertiary/aromatic N) is 2. The number of hydrogen-bond acceptors (Lipinski definition) is 3. The standard InChI is InChI=1S/C15H12N4O/c20-15(17-11-6-2-1-3-7-11)19-14-10-16-12-8-4-5-9-13(12)18-14/h1-10H,(H2,17,18,19,20). The number of para-hydroxylation sites is 3. The van der Waals surface area contributed by atoms with E-state index in [1.54, 1.807) is 0 Å². The van der Waals surface area contributed by atoms with Gasteiger partial charge in [0.1, 0.15) is 0 Å². The van der Waals surface area contributed by atoms with E-state index in [2.05, 4.69) is 20.6 Å². The zero-order chi connectivity index (χ0) is 13.8. The summed E-state index contributed by atoms with van der Waals surface area (Å²) in [5.41, 5.74) is 2.25. The van der Waals surface area contributed by atoms with Crippen LogP contribution in [-0.2, 0) is 0 Å². The van der Waals surface area contributed by atoms with Crippen molar-refractivity contribution in [2.24, 2.45) is 0 Å². The fourth-order valence-electron chi connectivity index (χ4n) is 1.82. The maximum atomic E-state index is 11.8. The summed E-state index contributed by atoms with van der Waals surface area (Å²) in [4.78, 5) is 20.4. The van der Waals surface area contributed by atoms with E-state index in [0.29, 0.717) is 5.82 Å². The highest BCUT2D eigenvalue weighted by Gasteiger charge is 2.04. The fourth-order valence-corrected chi connectivity index (χ4v) is 1.82. The summed E-state index contributed by atoms with van der Waals surface area (Å²) in [6.45, 7) is 0. The van der Waals surface area contributed by atoms with Crippen molar-refractivity contribution in [3.05, 3.63) is 60.8 Å². The molecule has 0 spiro atoms. The second-order valence-electron chi connectivity index (χ2n) is 4.19. The minimum absolute atomic E-state index is 0.346. The zero-order valence-electron chi connectivity index (χ0n) is 10.6. The number of carbonyl (C=O) groups excluding carboxylic acids is 1. The number of carbonyl (C=O) groups is 1. The van der Waals surface area contributed by atoms with Gasteiger partial charge in [-0.1, -0.05) is 30.3 Å². The monoisotopic (exact) mass is 264 g/mol. The van der Waals surface area contributed by atoms with Crippen molar-refractivity contribution in [1.82, 2.24) is 9.97 Å². The first-order valence-electron chi connectivity index (χ1n) is 6.16. The van der Waals surface area contributed by atoms with Crippen LogP contribution in [0.1, 0.15) is 0 Å². The molecule has 0 aliphatic rings. The number of anilines is 2. The number of fused-ring (bicyclic) bond motifs is 1. The van der Waals surface area contributed by atoms with Crippen LogP contribution in [0.5, 0.6) is 0 Å². The molecule has 0 saturated carbocycles. The topological polar surface area (TPSA) is 66.9 Å². The predicted molar refractivity (Wildman–Crippen MR) is 78.6 cm³/mol. The molecule has 1 aromatic heterocycles. The second kappa shape index (κ2) is 5.36. The highest BCUT2D eigenvalue weighted by molar-refractivity contribution is 5.99. The van der Waals surface area contributed by atoms with Gasteiger partial charge in [-0.3, -0.25) is 10.3 Å². The molecule has 0 aliphatic carbocycles. The summed E-state index contributed by atoms with van der Waals surface area (Å²) < 4.78 is 0. The van der Waals surface area contributed by atoms with Crippen LogP contribution < -0.4 is 10.6 Å². The van der Waals surface area contributed by atoms with Crippen LogP contribution in [0, 0.1) is 0 Å². The van der Waals surface area contributed by atoms with Gasteiger partial charge >= 0.3 is 6.03 Å². The normalized spacial score (nSPS) is 10.2. The molecule has 0 bridgehead atoms. The number of amides is 2. The summed E-state index contributed by atoms with van der Waals surface area (Å²) in [7, 11) is 0. The van der Waals surface area contributed by atoms with E-state index < -0.39 is 0 Å². The zero-order valence-corrected chi connectivity index (χ0v) is 10.6. The summed E-state index contributed by atoms with van der Waals surface area (Å²) in [5.74, 6) is 0.414. The summed E-state index contributed by atoms with van der Waals surface area (Å²) >= 11 is 0. The SMILES string of the molecule is O=C(Nc1ccccc1)Nc1cnc2ccccc2n1. The Morgan fingerprint density at radius 1 is 0.850 bits per heavy atom. The van der Waals surface area contributed by atoms with Crippen LogP contribution in [0.15, 0.2) is 60.8 Å². The Labute approximate surface area is 115 Å². The van der Waals surface area contributed by atoms with Gasteiger partial charge in [0.2, 0.25) is 0 Å². The highest BCUT2D eigenvalue weighted by atomic mass is 16.2.